The van der Waals surface area contributed by atoms with Gasteiger partial charge in [-0.1, -0.05) is 0 Å². The number of carbonyl (C=O) groups is 3. The molecule has 0 bridgehead atoms. The van der Waals surface area contributed by atoms with Gasteiger partial charge < -0.3 is 19.9 Å². The minimum absolute atomic E-state index is 0.0269. The van der Waals surface area contributed by atoms with Crippen LogP contribution in [0.25, 0.3) is 0 Å². The quantitative estimate of drug-likeness (QED) is 0.663. The molecule has 1 unspecified atom stereocenters. The topological polar surface area (TPSA) is 105 Å². The summed E-state index contributed by atoms with van der Waals surface area (Å²) in [5.41, 5.74) is 0.314. The number of methoxy groups -OCH3 is 2. The van der Waals surface area contributed by atoms with Crippen LogP contribution in [0, 0.1) is 0 Å². The molecule has 0 spiro atoms. The average molecular weight is 368 g/mol. The number of benzene rings is 1. The van der Waals surface area contributed by atoms with E-state index in [9.17, 15) is 14.4 Å². The fourth-order valence-corrected chi connectivity index (χ4v) is 3.30. The summed E-state index contributed by atoms with van der Waals surface area (Å²) in [4.78, 5) is 37.7. The van der Waals surface area contributed by atoms with Gasteiger partial charge in [-0.3, -0.25) is 14.4 Å². The van der Waals surface area contributed by atoms with Gasteiger partial charge in [0.2, 0.25) is 11.8 Å². The van der Waals surface area contributed by atoms with Crippen LogP contribution in [-0.4, -0.2) is 54.8 Å². The molecule has 1 aromatic carbocycles. The Morgan fingerprint density at radius 3 is 2.72 bits per heavy atom. The number of hydrogen-bond donors (Lipinski definition) is 2. The zero-order valence-corrected chi connectivity index (χ0v) is 14.8. The van der Waals surface area contributed by atoms with Crippen molar-refractivity contribution in [2.24, 2.45) is 0 Å². The van der Waals surface area contributed by atoms with Gasteiger partial charge in [0.15, 0.2) is 0 Å². The lowest BCUT2D eigenvalue weighted by Crippen LogP contribution is -2.35. The Morgan fingerprint density at radius 1 is 1.32 bits per heavy atom. The van der Waals surface area contributed by atoms with E-state index in [2.05, 4.69) is 5.32 Å². The van der Waals surface area contributed by atoms with Crippen molar-refractivity contribution in [3.05, 3.63) is 18.2 Å². The normalized spacial score (nSPS) is 16.9. The number of ether oxygens (including phenoxy) is 2. The van der Waals surface area contributed by atoms with Gasteiger partial charge in [0.05, 0.1) is 19.9 Å². The van der Waals surface area contributed by atoms with Crippen molar-refractivity contribution in [2.75, 3.05) is 32.3 Å². The highest BCUT2D eigenvalue weighted by Crippen LogP contribution is 2.39. The summed E-state index contributed by atoms with van der Waals surface area (Å²) in [6.07, 6.45) is 0.335. The first-order chi connectivity index (χ1) is 12.0. The maximum Gasteiger partial charge on any atom is 0.293 e. The fourth-order valence-electron chi connectivity index (χ4n) is 2.32. The number of thioether (sulfide) groups is 1. The van der Waals surface area contributed by atoms with Crippen LogP contribution in [0.1, 0.15) is 12.8 Å². The van der Waals surface area contributed by atoms with Crippen LogP contribution in [0.3, 0.4) is 0 Å². The molecule has 25 heavy (non-hydrogen) atoms. The van der Waals surface area contributed by atoms with E-state index in [-0.39, 0.29) is 18.9 Å². The average Bonchev–Trinajstić information content (AvgIpc) is 2.88. The first-order valence-corrected chi connectivity index (χ1v) is 8.54. The molecule has 0 radical (unpaired) electrons. The van der Waals surface area contributed by atoms with E-state index < -0.39 is 16.4 Å². The third-order valence-electron chi connectivity index (χ3n) is 3.58. The Kier molecular flexibility index (Phi) is 6.65. The largest absolute Gasteiger partial charge is 0.497 e. The van der Waals surface area contributed by atoms with Crippen molar-refractivity contribution in [3.63, 3.8) is 0 Å². The molecular weight excluding hydrogens is 348 g/mol. The number of anilines is 1. The fraction of sp³-hybridized carbons (Fsp3) is 0.438. The van der Waals surface area contributed by atoms with E-state index in [0.717, 1.165) is 16.7 Å². The molecule has 1 fully saturated rings. The Balaban J connectivity index is 2.12. The highest BCUT2D eigenvalue weighted by molar-refractivity contribution is 8.15. The molecule has 1 aromatic rings. The second kappa shape index (κ2) is 8.72. The number of rotatable bonds is 8. The van der Waals surface area contributed by atoms with Gasteiger partial charge in [-0.2, -0.15) is 0 Å². The van der Waals surface area contributed by atoms with E-state index in [1.54, 1.807) is 18.2 Å². The van der Waals surface area contributed by atoms with Crippen molar-refractivity contribution >= 4 is 34.5 Å². The summed E-state index contributed by atoms with van der Waals surface area (Å²) in [5.74, 6) is 0.0632. The number of aliphatic hydroxyl groups excluding tert-OH is 1. The molecule has 0 saturated carbocycles. The summed E-state index contributed by atoms with van der Waals surface area (Å²) in [5, 5.41) is 10.1. The van der Waals surface area contributed by atoms with Gasteiger partial charge in [-0.25, -0.2) is 4.90 Å². The molecule has 1 aliphatic heterocycles. The summed E-state index contributed by atoms with van der Waals surface area (Å²) < 4.78 is 10.3. The van der Waals surface area contributed by atoms with Gasteiger partial charge >= 0.3 is 0 Å². The number of carbonyl (C=O) groups excluding carboxylic acids is 3. The molecule has 1 atom stereocenters. The van der Waals surface area contributed by atoms with E-state index in [1.165, 1.54) is 14.2 Å². The number of nitrogens with zero attached hydrogens (tertiary/aromatic N) is 1. The molecule has 136 valence electrons. The van der Waals surface area contributed by atoms with E-state index in [0.29, 0.717) is 30.2 Å². The minimum atomic E-state index is -0.784. The highest BCUT2D eigenvalue weighted by atomic mass is 32.2. The Morgan fingerprint density at radius 2 is 2.08 bits per heavy atom. The van der Waals surface area contributed by atoms with Crippen molar-refractivity contribution < 1.29 is 29.0 Å². The molecular formula is C16H20N2O6S. The zero-order chi connectivity index (χ0) is 18.4. The Labute approximate surface area is 149 Å². The first kappa shape index (κ1) is 19.1. The Bertz CT molecular complexity index is 666. The van der Waals surface area contributed by atoms with Crippen molar-refractivity contribution in [1.82, 2.24) is 5.32 Å². The highest BCUT2D eigenvalue weighted by Gasteiger charge is 2.42. The predicted octanol–water partition coefficient (Wildman–Crippen LogP) is 1.16. The van der Waals surface area contributed by atoms with Crippen LogP contribution < -0.4 is 19.7 Å². The molecule has 0 aromatic heterocycles. The van der Waals surface area contributed by atoms with Gasteiger partial charge in [-0.05, 0) is 30.3 Å². The summed E-state index contributed by atoms with van der Waals surface area (Å²) >= 11 is 0.814. The lowest BCUT2D eigenvalue weighted by molar-refractivity contribution is -0.124. The van der Waals surface area contributed by atoms with Crippen molar-refractivity contribution in [2.45, 2.75) is 18.1 Å². The van der Waals surface area contributed by atoms with Crippen molar-refractivity contribution in [3.8, 4) is 11.5 Å². The van der Waals surface area contributed by atoms with Crippen LogP contribution in [0.5, 0.6) is 11.5 Å². The molecule has 9 heteroatoms. The SMILES string of the molecule is COc1ccc(N2C(=O)SC(CC(=O)NCCCO)C2=O)c(OC)c1. The van der Waals surface area contributed by atoms with Crippen LogP contribution in [0.15, 0.2) is 18.2 Å². The number of imide groups is 1. The second-order valence-corrected chi connectivity index (χ2v) is 6.37. The third-order valence-corrected chi connectivity index (χ3v) is 4.61. The lowest BCUT2D eigenvalue weighted by Gasteiger charge is -2.17. The monoisotopic (exact) mass is 368 g/mol. The predicted molar refractivity (Wildman–Crippen MR) is 93.1 cm³/mol. The first-order valence-electron chi connectivity index (χ1n) is 7.66. The van der Waals surface area contributed by atoms with Crippen LogP contribution >= 0.6 is 11.8 Å². The lowest BCUT2D eigenvalue weighted by atomic mass is 10.2. The summed E-state index contributed by atoms with van der Waals surface area (Å²) in [6.45, 7) is 0.297. The van der Waals surface area contributed by atoms with Crippen LogP contribution in [0.2, 0.25) is 0 Å². The Hall–Kier alpha value is -2.26. The number of nitrogens with one attached hydrogen (secondary N) is 1. The van der Waals surface area contributed by atoms with E-state index in [1.807, 2.05) is 0 Å². The smallest absolute Gasteiger partial charge is 0.293 e. The molecule has 0 aliphatic carbocycles. The minimum Gasteiger partial charge on any atom is -0.497 e. The molecule has 2 rings (SSSR count). The molecule has 1 saturated heterocycles. The van der Waals surface area contributed by atoms with E-state index in [4.69, 9.17) is 14.6 Å². The summed E-state index contributed by atoms with van der Waals surface area (Å²) in [7, 11) is 2.93. The third kappa shape index (κ3) is 4.43. The molecule has 8 nitrogen and oxygen atoms in total. The second-order valence-electron chi connectivity index (χ2n) is 5.22. The molecule has 1 heterocycles. The van der Waals surface area contributed by atoms with Crippen molar-refractivity contribution in [1.29, 1.82) is 0 Å². The maximum absolute atomic E-state index is 12.6. The van der Waals surface area contributed by atoms with Gasteiger partial charge in [0, 0.05) is 25.6 Å². The van der Waals surface area contributed by atoms with Gasteiger partial charge in [0.25, 0.3) is 5.24 Å². The molecule has 1 aliphatic rings. The van der Waals surface area contributed by atoms with Crippen LogP contribution in [-0.2, 0) is 9.59 Å². The number of aliphatic hydroxyl groups is 1. The molecule has 2 N–H and O–H groups in total. The number of hydrogen-bond acceptors (Lipinski definition) is 7. The standard InChI is InChI=1S/C16H20N2O6S/c1-23-10-4-5-11(12(8-10)24-2)18-15(21)13(25-16(18)22)9-14(20)17-6-3-7-19/h4-5,8,13,19H,3,6-7,9H2,1-2H3,(H,17,20). The van der Waals surface area contributed by atoms with Gasteiger partial charge in [-0.15, -0.1) is 0 Å². The van der Waals surface area contributed by atoms with E-state index >= 15 is 0 Å². The van der Waals surface area contributed by atoms with Crippen LogP contribution in [0.4, 0.5) is 10.5 Å². The zero-order valence-electron chi connectivity index (χ0n) is 14.0. The molecule has 3 amide bonds. The summed E-state index contributed by atoms with van der Waals surface area (Å²) in [6, 6.07) is 4.77. The number of amides is 3. The maximum atomic E-state index is 12.6. The van der Waals surface area contributed by atoms with Gasteiger partial charge in [0.1, 0.15) is 16.7 Å².